The van der Waals surface area contributed by atoms with E-state index in [1.54, 1.807) is 0 Å². The van der Waals surface area contributed by atoms with Gasteiger partial charge in [0.15, 0.2) is 0 Å². The molecular formula is C14H24N2OS. The van der Waals surface area contributed by atoms with Gasteiger partial charge >= 0.3 is 0 Å². The van der Waals surface area contributed by atoms with Crippen molar-refractivity contribution in [3.8, 4) is 0 Å². The van der Waals surface area contributed by atoms with Crippen molar-refractivity contribution in [3.05, 3.63) is 21.4 Å². The molecule has 102 valence electrons. The molecule has 2 atom stereocenters. The van der Waals surface area contributed by atoms with Crippen LogP contribution in [0.25, 0.3) is 0 Å². The van der Waals surface area contributed by atoms with E-state index in [9.17, 15) is 0 Å². The number of nitrogens with two attached hydrogens (primary N) is 1. The lowest BCUT2D eigenvalue weighted by Gasteiger charge is -2.29. The fraction of sp³-hybridized carbons (Fsp3) is 0.714. The Bertz CT molecular complexity index is 385. The summed E-state index contributed by atoms with van der Waals surface area (Å²) in [5.74, 6) is 0. The summed E-state index contributed by atoms with van der Waals surface area (Å²) in [4.78, 5) is 5.11. The lowest BCUT2D eigenvalue weighted by Crippen LogP contribution is -2.36. The maximum atomic E-state index is 5.98. The monoisotopic (exact) mass is 268 g/mol. The first kappa shape index (κ1) is 14.0. The molecule has 0 spiro atoms. The van der Waals surface area contributed by atoms with Crippen LogP contribution in [0.15, 0.2) is 6.07 Å². The molecule has 0 bridgehead atoms. The molecule has 1 aromatic rings. The Morgan fingerprint density at radius 1 is 1.56 bits per heavy atom. The zero-order valence-corrected chi connectivity index (χ0v) is 12.4. The summed E-state index contributed by atoms with van der Waals surface area (Å²) in [5, 5.41) is 0. The van der Waals surface area contributed by atoms with Gasteiger partial charge in [-0.1, -0.05) is 0 Å². The summed E-state index contributed by atoms with van der Waals surface area (Å²) in [5.41, 5.74) is 7.37. The van der Waals surface area contributed by atoms with E-state index in [1.165, 1.54) is 28.2 Å². The van der Waals surface area contributed by atoms with Crippen molar-refractivity contribution in [2.75, 3.05) is 26.7 Å². The van der Waals surface area contributed by atoms with Gasteiger partial charge in [0, 0.05) is 35.5 Å². The summed E-state index contributed by atoms with van der Waals surface area (Å²) < 4.78 is 5.71. The van der Waals surface area contributed by atoms with Crippen molar-refractivity contribution in [1.82, 2.24) is 4.90 Å². The lowest BCUT2D eigenvalue weighted by molar-refractivity contribution is 0.0689. The van der Waals surface area contributed by atoms with Crippen molar-refractivity contribution in [2.24, 2.45) is 5.73 Å². The highest BCUT2D eigenvalue weighted by atomic mass is 32.1. The van der Waals surface area contributed by atoms with Gasteiger partial charge in [0.1, 0.15) is 0 Å². The SMILES string of the molecule is Cc1cc(C(CN)N(C)CC2CCCO2)c(C)s1. The van der Waals surface area contributed by atoms with Crippen molar-refractivity contribution in [2.45, 2.75) is 38.8 Å². The number of likely N-dealkylation sites (N-methyl/N-ethyl adjacent to an activating group) is 1. The normalized spacial score (nSPS) is 21.7. The van der Waals surface area contributed by atoms with E-state index in [-0.39, 0.29) is 0 Å². The minimum Gasteiger partial charge on any atom is -0.377 e. The highest BCUT2D eigenvalue weighted by Gasteiger charge is 2.24. The molecule has 1 aliphatic heterocycles. The maximum absolute atomic E-state index is 5.98. The van der Waals surface area contributed by atoms with Crippen LogP contribution >= 0.6 is 11.3 Å². The molecule has 2 heterocycles. The number of hydrogen-bond acceptors (Lipinski definition) is 4. The van der Waals surface area contributed by atoms with Crippen LogP contribution in [-0.4, -0.2) is 37.7 Å². The second-order valence-electron chi connectivity index (χ2n) is 5.19. The first-order valence-electron chi connectivity index (χ1n) is 6.70. The van der Waals surface area contributed by atoms with E-state index in [2.05, 4.69) is 31.9 Å². The molecule has 1 aliphatic rings. The van der Waals surface area contributed by atoms with Gasteiger partial charge in [-0.15, -0.1) is 11.3 Å². The number of rotatable bonds is 5. The van der Waals surface area contributed by atoms with Crippen LogP contribution < -0.4 is 5.73 Å². The van der Waals surface area contributed by atoms with Gasteiger partial charge in [-0.05, 0) is 45.4 Å². The standard InChI is InChI=1S/C14H24N2OS/c1-10-7-13(11(2)18-10)14(8-15)16(3)9-12-5-4-6-17-12/h7,12,14H,4-6,8-9,15H2,1-3H3. The fourth-order valence-electron chi connectivity index (χ4n) is 2.76. The van der Waals surface area contributed by atoms with Gasteiger partial charge in [-0.3, -0.25) is 4.90 Å². The Morgan fingerprint density at radius 3 is 2.83 bits per heavy atom. The van der Waals surface area contributed by atoms with Crippen molar-refractivity contribution in [3.63, 3.8) is 0 Å². The molecular weight excluding hydrogens is 244 g/mol. The summed E-state index contributed by atoms with van der Waals surface area (Å²) in [6, 6.07) is 2.60. The first-order chi connectivity index (χ1) is 8.61. The van der Waals surface area contributed by atoms with E-state index in [4.69, 9.17) is 10.5 Å². The average Bonchev–Trinajstić information content (AvgIpc) is 2.91. The molecule has 2 N–H and O–H groups in total. The van der Waals surface area contributed by atoms with Crippen LogP contribution in [0.4, 0.5) is 0 Å². The first-order valence-corrected chi connectivity index (χ1v) is 7.52. The van der Waals surface area contributed by atoms with Gasteiger partial charge in [-0.2, -0.15) is 0 Å². The van der Waals surface area contributed by atoms with E-state index in [0.29, 0.717) is 18.7 Å². The van der Waals surface area contributed by atoms with Crippen LogP contribution in [0.5, 0.6) is 0 Å². The molecule has 3 nitrogen and oxygen atoms in total. The van der Waals surface area contributed by atoms with E-state index in [0.717, 1.165) is 13.2 Å². The molecule has 1 aromatic heterocycles. The summed E-state index contributed by atoms with van der Waals surface area (Å²) >= 11 is 1.86. The van der Waals surface area contributed by atoms with Crippen molar-refractivity contribution >= 4 is 11.3 Å². The van der Waals surface area contributed by atoms with E-state index >= 15 is 0 Å². The minimum absolute atomic E-state index is 0.319. The van der Waals surface area contributed by atoms with Gasteiger partial charge in [-0.25, -0.2) is 0 Å². The molecule has 1 fully saturated rings. The van der Waals surface area contributed by atoms with Crippen LogP contribution in [0.1, 0.15) is 34.2 Å². The van der Waals surface area contributed by atoms with Crippen molar-refractivity contribution < 1.29 is 4.74 Å². The van der Waals surface area contributed by atoms with Gasteiger partial charge < -0.3 is 10.5 Å². The summed E-state index contributed by atoms with van der Waals surface area (Å²) in [7, 11) is 2.16. The zero-order chi connectivity index (χ0) is 13.1. The number of nitrogens with zero attached hydrogens (tertiary/aromatic N) is 1. The largest absolute Gasteiger partial charge is 0.377 e. The Labute approximate surface area is 114 Å². The predicted octanol–water partition coefficient (Wildman–Crippen LogP) is 2.48. The van der Waals surface area contributed by atoms with Gasteiger partial charge in [0.2, 0.25) is 0 Å². The molecule has 0 saturated carbocycles. The Hall–Kier alpha value is -0.420. The Morgan fingerprint density at radius 2 is 2.33 bits per heavy atom. The molecule has 2 unspecified atom stereocenters. The fourth-order valence-corrected chi connectivity index (χ4v) is 3.74. The number of thiophene rings is 1. The quantitative estimate of drug-likeness (QED) is 0.891. The zero-order valence-electron chi connectivity index (χ0n) is 11.6. The Balaban J connectivity index is 2.05. The van der Waals surface area contributed by atoms with E-state index in [1.807, 2.05) is 11.3 Å². The Kier molecular flexibility index (Phi) is 4.78. The van der Waals surface area contributed by atoms with Crippen molar-refractivity contribution in [1.29, 1.82) is 0 Å². The number of hydrogen-bond donors (Lipinski definition) is 1. The molecule has 2 rings (SSSR count). The van der Waals surface area contributed by atoms with Crippen LogP contribution in [0.3, 0.4) is 0 Å². The van der Waals surface area contributed by atoms with Gasteiger partial charge in [0.25, 0.3) is 0 Å². The molecule has 0 aromatic carbocycles. The van der Waals surface area contributed by atoms with Crippen LogP contribution in [-0.2, 0) is 4.74 Å². The molecule has 0 radical (unpaired) electrons. The smallest absolute Gasteiger partial charge is 0.0702 e. The third-order valence-corrected chi connectivity index (χ3v) is 4.69. The molecule has 0 amide bonds. The van der Waals surface area contributed by atoms with E-state index < -0.39 is 0 Å². The van der Waals surface area contributed by atoms with Crippen LogP contribution in [0, 0.1) is 13.8 Å². The third-order valence-electron chi connectivity index (χ3n) is 3.71. The molecule has 18 heavy (non-hydrogen) atoms. The molecule has 1 saturated heterocycles. The lowest BCUT2D eigenvalue weighted by atomic mass is 10.1. The predicted molar refractivity (Wildman–Crippen MR) is 77.2 cm³/mol. The average molecular weight is 268 g/mol. The molecule has 0 aliphatic carbocycles. The number of ether oxygens (including phenoxy) is 1. The topological polar surface area (TPSA) is 38.5 Å². The number of aryl methyl sites for hydroxylation is 2. The highest BCUT2D eigenvalue weighted by molar-refractivity contribution is 7.12. The second-order valence-corrected chi connectivity index (χ2v) is 6.66. The van der Waals surface area contributed by atoms with Crippen LogP contribution in [0.2, 0.25) is 0 Å². The maximum Gasteiger partial charge on any atom is 0.0702 e. The third kappa shape index (κ3) is 3.12. The second kappa shape index (κ2) is 6.15. The molecule has 4 heteroatoms. The summed E-state index contributed by atoms with van der Waals surface area (Å²) in [6.45, 7) is 6.92. The minimum atomic E-state index is 0.319. The summed E-state index contributed by atoms with van der Waals surface area (Å²) in [6.07, 6.45) is 2.77. The highest BCUT2D eigenvalue weighted by Crippen LogP contribution is 2.29. The van der Waals surface area contributed by atoms with Gasteiger partial charge in [0.05, 0.1) is 6.10 Å².